The monoisotopic (exact) mass is 222 g/mol. The number of hydrogen-bond donors (Lipinski definition) is 1. The molecule has 16 heavy (non-hydrogen) atoms. The predicted molar refractivity (Wildman–Crippen MR) is 66.2 cm³/mol. The minimum atomic E-state index is 0.286. The summed E-state index contributed by atoms with van der Waals surface area (Å²) in [6, 6.07) is 0.286. The van der Waals surface area contributed by atoms with Gasteiger partial charge in [-0.15, -0.1) is 0 Å². The second-order valence-corrected chi connectivity index (χ2v) is 4.85. The molecule has 0 aromatic carbocycles. The van der Waals surface area contributed by atoms with Crippen molar-refractivity contribution < 1.29 is 4.74 Å². The highest BCUT2D eigenvalue weighted by Gasteiger charge is 2.19. The first-order chi connectivity index (χ1) is 7.78. The van der Waals surface area contributed by atoms with E-state index in [-0.39, 0.29) is 6.04 Å². The molecular weight excluding hydrogens is 200 g/mol. The molecule has 1 heterocycles. The van der Waals surface area contributed by atoms with Crippen LogP contribution in [0.2, 0.25) is 0 Å². The first kappa shape index (κ1) is 11.8. The smallest absolute Gasteiger partial charge is 0.0673 e. The van der Waals surface area contributed by atoms with Crippen LogP contribution in [-0.2, 0) is 4.74 Å². The second-order valence-electron chi connectivity index (χ2n) is 4.85. The molecule has 0 aromatic rings. The zero-order valence-corrected chi connectivity index (χ0v) is 10.1. The second kappa shape index (κ2) is 5.62. The van der Waals surface area contributed by atoms with Crippen molar-refractivity contribution in [2.75, 3.05) is 33.4 Å². The highest BCUT2D eigenvalue weighted by atomic mass is 16.5. The van der Waals surface area contributed by atoms with Gasteiger partial charge in [-0.25, -0.2) is 0 Å². The summed E-state index contributed by atoms with van der Waals surface area (Å²) in [7, 11) is 1.76. The summed E-state index contributed by atoms with van der Waals surface area (Å²) in [4.78, 5) is 2.51. The average Bonchev–Trinajstić information content (AvgIpc) is 2.67. The molecule has 0 saturated carbocycles. The number of hydrogen-bond acceptors (Lipinski definition) is 3. The van der Waals surface area contributed by atoms with Crippen LogP contribution < -0.4 is 5.73 Å². The number of ether oxygens (including phenoxy) is 1. The van der Waals surface area contributed by atoms with Gasteiger partial charge in [0.1, 0.15) is 0 Å². The van der Waals surface area contributed by atoms with E-state index in [1.807, 2.05) is 0 Å². The number of methoxy groups -OCH3 is 1. The summed E-state index contributed by atoms with van der Waals surface area (Å²) in [6.07, 6.45) is 8.99. The van der Waals surface area contributed by atoms with Crippen molar-refractivity contribution in [1.82, 2.24) is 4.90 Å². The Morgan fingerprint density at radius 2 is 2.38 bits per heavy atom. The highest BCUT2D eigenvalue weighted by molar-refractivity contribution is 5.09. The van der Waals surface area contributed by atoms with Gasteiger partial charge in [0.05, 0.1) is 6.61 Å². The van der Waals surface area contributed by atoms with Gasteiger partial charge in [-0.2, -0.15) is 0 Å². The van der Waals surface area contributed by atoms with Crippen molar-refractivity contribution in [1.29, 1.82) is 0 Å². The molecule has 0 radical (unpaired) electrons. The van der Waals surface area contributed by atoms with Gasteiger partial charge in [0, 0.05) is 32.8 Å². The van der Waals surface area contributed by atoms with E-state index in [2.05, 4.69) is 23.1 Å². The lowest BCUT2D eigenvalue weighted by atomic mass is 10.0. The van der Waals surface area contributed by atoms with Crippen molar-refractivity contribution in [3.05, 3.63) is 23.8 Å². The minimum Gasteiger partial charge on any atom is -0.380 e. The van der Waals surface area contributed by atoms with E-state index in [1.165, 1.54) is 5.57 Å². The van der Waals surface area contributed by atoms with Crippen molar-refractivity contribution in [2.45, 2.75) is 18.9 Å². The van der Waals surface area contributed by atoms with Crippen LogP contribution in [-0.4, -0.2) is 44.3 Å². The molecule has 2 rings (SSSR count). The summed E-state index contributed by atoms with van der Waals surface area (Å²) in [5.41, 5.74) is 7.30. The lowest BCUT2D eigenvalue weighted by Crippen LogP contribution is -2.33. The fraction of sp³-hybridized carbons (Fsp3) is 0.692. The molecule has 0 saturated heterocycles. The molecule has 2 aliphatic rings. The quantitative estimate of drug-likeness (QED) is 0.726. The van der Waals surface area contributed by atoms with Crippen LogP contribution in [0.3, 0.4) is 0 Å². The van der Waals surface area contributed by atoms with Crippen molar-refractivity contribution >= 4 is 0 Å². The Labute approximate surface area is 97.9 Å². The van der Waals surface area contributed by atoms with Gasteiger partial charge < -0.3 is 10.5 Å². The molecule has 0 fully saturated rings. The highest BCUT2D eigenvalue weighted by Crippen LogP contribution is 2.19. The van der Waals surface area contributed by atoms with E-state index in [9.17, 15) is 0 Å². The molecule has 0 spiro atoms. The third kappa shape index (κ3) is 3.17. The van der Waals surface area contributed by atoms with Gasteiger partial charge >= 0.3 is 0 Å². The van der Waals surface area contributed by atoms with Gasteiger partial charge in [0.15, 0.2) is 0 Å². The molecular formula is C13H22N2O. The molecule has 1 aliphatic heterocycles. The summed E-state index contributed by atoms with van der Waals surface area (Å²) < 4.78 is 5.15. The zero-order valence-electron chi connectivity index (χ0n) is 10.1. The normalized spacial score (nSPS) is 30.8. The summed E-state index contributed by atoms with van der Waals surface area (Å²) >= 11 is 0. The number of nitrogens with zero attached hydrogens (tertiary/aromatic N) is 1. The van der Waals surface area contributed by atoms with Crippen LogP contribution in [0.5, 0.6) is 0 Å². The maximum Gasteiger partial charge on any atom is 0.0673 e. The summed E-state index contributed by atoms with van der Waals surface area (Å²) in [6.45, 7) is 4.18. The van der Waals surface area contributed by atoms with Crippen LogP contribution in [0.1, 0.15) is 12.8 Å². The SMILES string of the molecule is COCC1=CCN(CC2C=CC(N)C2)CC1. The third-order valence-corrected chi connectivity index (χ3v) is 3.42. The Hall–Kier alpha value is -0.640. The summed E-state index contributed by atoms with van der Waals surface area (Å²) in [5.74, 6) is 0.660. The van der Waals surface area contributed by atoms with E-state index in [0.717, 1.165) is 39.1 Å². The molecule has 0 amide bonds. The molecule has 90 valence electrons. The molecule has 3 nitrogen and oxygen atoms in total. The van der Waals surface area contributed by atoms with Gasteiger partial charge in [-0.05, 0) is 24.3 Å². The van der Waals surface area contributed by atoms with Crippen LogP contribution in [0.25, 0.3) is 0 Å². The maximum absolute atomic E-state index is 5.86. The van der Waals surface area contributed by atoms with E-state index in [4.69, 9.17) is 10.5 Å². The van der Waals surface area contributed by atoms with Crippen LogP contribution in [0.15, 0.2) is 23.8 Å². The first-order valence-corrected chi connectivity index (χ1v) is 6.11. The van der Waals surface area contributed by atoms with E-state index in [0.29, 0.717) is 5.92 Å². The average molecular weight is 222 g/mol. The van der Waals surface area contributed by atoms with E-state index >= 15 is 0 Å². The fourth-order valence-corrected chi connectivity index (χ4v) is 2.51. The van der Waals surface area contributed by atoms with Crippen LogP contribution in [0.4, 0.5) is 0 Å². The standard InChI is InChI=1S/C13H22N2O/c1-16-10-11-4-6-15(7-5-11)9-12-2-3-13(14)8-12/h2-4,12-13H,5-10,14H2,1H3. The van der Waals surface area contributed by atoms with Crippen LogP contribution in [0, 0.1) is 5.92 Å². The lowest BCUT2D eigenvalue weighted by molar-refractivity contribution is 0.207. The van der Waals surface area contributed by atoms with Gasteiger partial charge in [0.2, 0.25) is 0 Å². The predicted octanol–water partition coefficient (Wildman–Crippen LogP) is 1.17. The molecule has 2 unspecified atom stereocenters. The number of rotatable bonds is 4. The summed E-state index contributed by atoms with van der Waals surface area (Å²) in [5, 5.41) is 0. The van der Waals surface area contributed by atoms with E-state index < -0.39 is 0 Å². The van der Waals surface area contributed by atoms with Crippen molar-refractivity contribution in [2.24, 2.45) is 11.7 Å². The molecule has 2 N–H and O–H groups in total. The molecule has 0 bridgehead atoms. The Balaban J connectivity index is 1.75. The lowest BCUT2D eigenvalue weighted by Gasteiger charge is -2.28. The van der Waals surface area contributed by atoms with Gasteiger partial charge in [0.25, 0.3) is 0 Å². The van der Waals surface area contributed by atoms with Crippen LogP contribution >= 0.6 is 0 Å². The Kier molecular flexibility index (Phi) is 4.16. The Morgan fingerprint density at radius 1 is 1.50 bits per heavy atom. The van der Waals surface area contributed by atoms with Crippen molar-refractivity contribution in [3.63, 3.8) is 0 Å². The topological polar surface area (TPSA) is 38.5 Å². The number of nitrogens with two attached hydrogens (primary N) is 1. The largest absolute Gasteiger partial charge is 0.380 e. The third-order valence-electron chi connectivity index (χ3n) is 3.42. The van der Waals surface area contributed by atoms with Gasteiger partial charge in [-0.1, -0.05) is 18.2 Å². The molecule has 3 heteroatoms. The maximum atomic E-state index is 5.86. The molecule has 1 aliphatic carbocycles. The van der Waals surface area contributed by atoms with E-state index in [1.54, 1.807) is 7.11 Å². The first-order valence-electron chi connectivity index (χ1n) is 6.11. The van der Waals surface area contributed by atoms with Crippen molar-refractivity contribution in [3.8, 4) is 0 Å². The minimum absolute atomic E-state index is 0.286. The fourth-order valence-electron chi connectivity index (χ4n) is 2.51. The molecule has 2 atom stereocenters. The van der Waals surface area contributed by atoms with Gasteiger partial charge in [-0.3, -0.25) is 4.90 Å². The molecule has 0 aromatic heterocycles. The Morgan fingerprint density at radius 3 is 2.94 bits per heavy atom. The zero-order chi connectivity index (χ0) is 11.4. The Bertz CT molecular complexity index is 286.